The van der Waals surface area contributed by atoms with Crippen molar-refractivity contribution >= 4 is 27.3 Å². The average Bonchev–Trinajstić information content (AvgIpc) is 2.35. The summed E-state index contributed by atoms with van der Waals surface area (Å²) in [4.78, 5) is -0.0357. The molecule has 0 amide bonds. The van der Waals surface area contributed by atoms with Crippen LogP contribution in [0.4, 0.5) is 5.69 Å². The predicted molar refractivity (Wildman–Crippen MR) is 76.6 cm³/mol. The lowest BCUT2D eigenvalue weighted by molar-refractivity contribution is 0.0377. The quantitative estimate of drug-likeness (QED) is 0.698. The number of aliphatic hydroxyl groups is 1. The number of hydrogen-bond acceptors (Lipinski definition) is 4. The highest BCUT2D eigenvalue weighted by Gasteiger charge is 2.26. The van der Waals surface area contributed by atoms with Crippen LogP contribution in [0.1, 0.15) is 26.7 Å². The van der Waals surface area contributed by atoms with E-state index in [0.29, 0.717) is 17.9 Å². The van der Waals surface area contributed by atoms with Gasteiger partial charge in [-0.05, 0) is 31.0 Å². The van der Waals surface area contributed by atoms with E-state index in [0.717, 1.165) is 0 Å². The summed E-state index contributed by atoms with van der Waals surface area (Å²) < 4.78 is 26.6. The summed E-state index contributed by atoms with van der Waals surface area (Å²) in [5, 5.41) is 10.4. The molecule has 0 bridgehead atoms. The lowest BCUT2D eigenvalue weighted by Crippen LogP contribution is -2.42. The SMILES string of the molecule is CCC(O)(CC)CNS(=O)(=O)c1ccc(Cl)cc1N. The van der Waals surface area contributed by atoms with Crippen LogP contribution in [0.5, 0.6) is 0 Å². The van der Waals surface area contributed by atoms with Gasteiger partial charge in [-0.2, -0.15) is 0 Å². The third kappa shape index (κ3) is 4.07. The lowest BCUT2D eigenvalue weighted by atomic mass is 9.98. The zero-order chi connectivity index (χ0) is 14.7. The van der Waals surface area contributed by atoms with Gasteiger partial charge in [-0.1, -0.05) is 25.4 Å². The van der Waals surface area contributed by atoms with E-state index in [2.05, 4.69) is 4.72 Å². The van der Waals surface area contributed by atoms with Crippen LogP contribution in [0.3, 0.4) is 0 Å². The Bertz CT molecular complexity index is 542. The summed E-state index contributed by atoms with van der Waals surface area (Å²) in [6.07, 6.45) is 0.921. The number of sulfonamides is 1. The second-order valence-corrected chi connectivity index (χ2v) is 6.61. The third-order valence-corrected chi connectivity index (χ3v) is 4.88. The summed E-state index contributed by atoms with van der Waals surface area (Å²) >= 11 is 5.73. The Morgan fingerprint density at radius 3 is 2.42 bits per heavy atom. The molecule has 0 unspecified atom stereocenters. The molecule has 0 spiro atoms. The first kappa shape index (κ1) is 16.2. The molecular formula is C12H19ClN2O3S. The van der Waals surface area contributed by atoms with Crippen LogP contribution >= 0.6 is 11.6 Å². The Morgan fingerprint density at radius 1 is 1.37 bits per heavy atom. The zero-order valence-electron chi connectivity index (χ0n) is 11.0. The molecule has 5 nitrogen and oxygen atoms in total. The molecule has 19 heavy (non-hydrogen) atoms. The number of hydrogen-bond donors (Lipinski definition) is 3. The van der Waals surface area contributed by atoms with E-state index in [-0.39, 0.29) is 17.1 Å². The Labute approximate surface area is 118 Å². The van der Waals surface area contributed by atoms with Gasteiger partial charge in [-0.3, -0.25) is 0 Å². The maximum atomic E-state index is 12.1. The molecule has 0 saturated carbocycles. The second-order valence-electron chi connectivity index (χ2n) is 4.44. The first-order valence-corrected chi connectivity index (χ1v) is 7.87. The molecule has 0 aliphatic rings. The molecule has 0 aliphatic heterocycles. The van der Waals surface area contributed by atoms with Crippen molar-refractivity contribution < 1.29 is 13.5 Å². The molecule has 1 aromatic carbocycles. The highest BCUT2D eigenvalue weighted by atomic mass is 35.5. The number of halogens is 1. The minimum absolute atomic E-state index is 0.0357. The molecule has 1 aromatic rings. The van der Waals surface area contributed by atoms with Crippen molar-refractivity contribution in [2.75, 3.05) is 12.3 Å². The minimum atomic E-state index is -3.75. The van der Waals surface area contributed by atoms with E-state index >= 15 is 0 Å². The van der Waals surface area contributed by atoms with E-state index in [4.69, 9.17) is 17.3 Å². The molecule has 7 heteroatoms. The molecule has 0 aromatic heterocycles. The molecule has 0 aliphatic carbocycles. The van der Waals surface area contributed by atoms with Gasteiger partial charge in [0.2, 0.25) is 10.0 Å². The van der Waals surface area contributed by atoms with Gasteiger partial charge in [-0.25, -0.2) is 13.1 Å². The lowest BCUT2D eigenvalue weighted by Gasteiger charge is -2.25. The van der Waals surface area contributed by atoms with Crippen LogP contribution in [0.25, 0.3) is 0 Å². The smallest absolute Gasteiger partial charge is 0.242 e. The van der Waals surface area contributed by atoms with Gasteiger partial charge in [0.15, 0.2) is 0 Å². The zero-order valence-corrected chi connectivity index (χ0v) is 12.6. The fourth-order valence-electron chi connectivity index (χ4n) is 1.57. The van der Waals surface area contributed by atoms with E-state index in [1.165, 1.54) is 18.2 Å². The Morgan fingerprint density at radius 2 is 1.95 bits per heavy atom. The fourth-order valence-corrected chi connectivity index (χ4v) is 2.98. The predicted octanol–water partition coefficient (Wildman–Crippen LogP) is 1.75. The van der Waals surface area contributed by atoms with E-state index in [1.807, 2.05) is 0 Å². The maximum Gasteiger partial charge on any atom is 0.242 e. The van der Waals surface area contributed by atoms with Crippen LogP contribution in [0.2, 0.25) is 5.02 Å². The van der Waals surface area contributed by atoms with Gasteiger partial charge < -0.3 is 10.8 Å². The monoisotopic (exact) mass is 306 g/mol. The van der Waals surface area contributed by atoms with E-state index < -0.39 is 15.6 Å². The van der Waals surface area contributed by atoms with E-state index in [9.17, 15) is 13.5 Å². The van der Waals surface area contributed by atoms with Crippen molar-refractivity contribution in [2.45, 2.75) is 37.2 Å². The number of anilines is 1. The van der Waals surface area contributed by atoms with Crippen LogP contribution < -0.4 is 10.5 Å². The standard InChI is InChI=1S/C12H19ClN2O3S/c1-3-12(16,4-2)8-15-19(17,18)11-6-5-9(13)7-10(11)14/h5-7,15-16H,3-4,8,14H2,1-2H3. The van der Waals surface area contributed by atoms with Crippen molar-refractivity contribution in [3.05, 3.63) is 23.2 Å². The van der Waals surface area contributed by atoms with Crippen molar-refractivity contribution in [2.24, 2.45) is 0 Å². The normalized spacial score (nSPS) is 12.6. The van der Waals surface area contributed by atoms with Gasteiger partial charge in [0.1, 0.15) is 4.90 Å². The molecule has 0 saturated heterocycles. The highest BCUT2D eigenvalue weighted by molar-refractivity contribution is 7.89. The maximum absolute atomic E-state index is 12.1. The van der Waals surface area contributed by atoms with Crippen LogP contribution in [-0.4, -0.2) is 25.7 Å². The molecule has 0 atom stereocenters. The Hall–Kier alpha value is -0.820. The number of nitrogens with two attached hydrogens (primary N) is 1. The molecule has 0 fully saturated rings. The average molecular weight is 307 g/mol. The highest BCUT2D eigenvalue weighted by Crippen LogP contribution is 2.23. The molecule has 0 heterocycles. The van der Waals surface area contributed by atoms with Gasteiger partial charge in [0, 0.05) is 11.6 Å². The first-order chi connectivity index (χ1) is 8.74. The molecule has 0 radical (unpaired) electrons. The first-order valence-electron chi connectivity index (χ1n) is 6.01. The molecule has 108 valence electrons. The topological polar surface area (TPSA) is 92.4 Å². The van der Waals surface area contributed by atoms with Crippen LogP contribution in [-0.2, 0) is 10.0 Å². The van der Waals surface area contributed by atoms with Crippen LogP contribution in [0, 0.1) is 0 Å². The summed E-state index contributed by atoms with van der Waals surface area (Å²) in [5.74, 6) is 0. The summed E-state index contributed by atoms with van der Waals surface area (Å²) in [5.41, 5.74) is 4.68. The van der Waals surface area contributed by atoms with Gasteiger partial charge in [-0.15, -0.1) is 0 Å². The van der Waals surface area contributed by atoms with E-state index in [1.54, 1.807) is 13.8 Å². The number of rotatable bonds is 6. The Balaban J connectivity index is 2.93. The molecule has 1 rings (SSSR count). The number of nitrogen functional groups attached to an aromatic ring is 1. The van der Waals surface area contributed by atoms with Crippen molar-refractivity contribution in [3.8, 4) is 0 Å². The Kier molecular flexibility index (Phi) is 5.20. The molecular weight excluding hydrogens is 288 g/mol. The second kappa shape index (κ2) is 6.09. The van der Waals surface area contributed by atoms with Gasteiger partial charge >= 0.3 is 0 Å². The van der Waals surface area contributed by atoms with Crippen LogP contribution in [0.15, 0.2) is 23.1 Å². The van der Waals surface area contributed by atoms with Gasteiger partial charge in [0.25, 0.3) is 0 Å². The largest absolute Gasteiger partial charge is 0.398 e. The third-order valence-electron chi connectivity index (χ3n) is 3.17. The number of benzene rings is 1. The van der Waals surface area contributed by atoms with Crippen molar-refractivity contribution in [1.82, 2.24) is 4.72 Å². The summed E-state index contributed by atoms with van der Waals surface area (Å²) in [7, 11) is -3.75. The number of nitrogens with one attached hydrogen (secondary N) is 1. The van der Waals surface area contributed by atoms with Crippen molar-refractivity contribution in [3.63, 3.8) is 0 Å². The minimum Gasteiger partial charge on any atom is -0.398 e. The molecule has 4 N–H and O–H groups in total. The van der Waals surface area contributed by atoms with Crippen molar-refractivity contribution in [1.29, 1.82) is 0 Å². The summed E-state index contributed by atoms with van der Waals surface area (Å²) in [6.45, 7) is 3.55. The summed E-state index contributed by atoms with van der Waals surface area (Å²) in [6, 6.07) is 4.18. The fraction of sp³-hybridized carbons (Fsp3) is 0.500. The van der Waals surface area contributed by atoms with Gasteiger partial charge in [0.05, 0.1) is 11.3 Å².